The van der Waals surface area contributed by atoms with Crippen LogP contribution in [0.4, 0.5) is 0 Å². The zero-order valence-electron chi connectivity index (χ0n) is 10.9. The molecule has 0 saturated carbocycles. The van der Waals surface area contributed by atoms with Crippen molar-refractivity contribution in [3.8, 4) is 0 Å². The first-order valence-corrected chi connectivity index (χ1v) is 8.32. The summed E-state index contributed by atoms with van der Waals surface area (Å²) in [5.41, 5.74) is -0.365. The molecular weight excluding hydrogens is 286 g/mol. The number of thiophene rings is 1. The van der Waals surface area contributed by atoms with Crippen LogP contribution >= 0.6 is 11.3 Å². The quantitative estimate of drug-likeness (QED) is 0.922. The normalized spacial score (nSPS) is 19.7. The topological polar surface area (TPSA) is 74.7 Å². The summed E-state index contributed by atoms with van der Waals surface area (Å²) in [6.07, 6.45) is 1.57. The molecule has 5 nitrogen and oxygen atoms in total. The molecule has 7 heteroatoms. The molecule has 0 amide bonds. The van der Waals surface area contributed by atoms with Crippen molar-refractivity contribution in [1.82, 2.24) is 4.31 Å². The Labute approximate surface area is 116 Å². The first-order valence-electron chi connectivity index (χ1n) is 6.07. The lowest BCUT2D eigenvalue weighted by atomic mass is 10.0. The van der Waals surface area contributed by atoms with Crippen molar-refractivity contribution in [3.63, 3.8) is 0 Å². The van der Waals surface area contributed by atoms with Gasteiger partial charge in [0.2, 0.25) is 0 Å². The summed E-state index contributed by atoms with van der Waals surface area (Å²) in [6, 6.07) is 3.08. The molecule has 0 spiro atoms. The highest BCUT2D eigenvalue weighted by Crippen LogP contribution is 2.36. The van der Waals surface area contributed by atoms with Crippen LogP contribution in [0.15, 0.2) is 16.3 Å². The van der Waals surface area contributed by atoms with E-state index in [1.54, 1.807) is 6.07 Å². The van der Waals surface area contributed by atoms with Gasteiger partial charge in [-0.05, 0) is 38.8 Å². The molecule has 2 heterocycles. The minimum atomic E-state index is -3.50. The molecule has 1 aliphatic heterocycles. The number of carbonyl (C=O) groups is 1. The second-order valence-corrected chi connectivity index (χ2v) is 8.54. The van der Waals surface area contributed by atoms with Crippen molar-refractivity contribution < 1.29 is 18.3 Å². The van der Waals surface area contributed by atoms with Crippen molar-refractivity contribution in [2.24, 2.45) is 0 Å². The second-order valence-electron chi connectivity index (χ2n) is 5.28. The van der Waals surface area contributed by atoms with E-state index in [2.05, 4.69) is 0 Å². The Balaban J connectivity index is 2.30. The molecule has 0 aliphatic carbocycles. The van der Waals surface area contributed by atoms with E-state index in [1.165, 1.54) is 10.4 Å². The molecule has 1 aromatic heterocycles. The predicted octanol–water partition coefficient (Wildman–Crippen LogP) is 1.94. The molecule has 1 N–H and O–H groups in total. The summed E-state index contributed by atoms with van der Waals surface area (Å²) < 4.78 is 26.8. The minimum absolute atomic E-state index is 0.135. The van der Waals surface area contributed by atoms with E-state index >= 15 is 0 Å². The molecule has 0 unspecified atom stereocenters. The van der Waals surface area contributed by atoms with Gasteiger partial charge in [-0.1, -0.05) is 0 Å². The van der Waals surface area contributed by atoms with Crippen LogP contribution in [0.1, 0.15) is 31.6 Å². The zero-order valence-corrected chi connectivity index (χ0v) is 12.6. The van der Waals surface area contributed by atoms with Crippen LogP contribution in [0.2, 0.25) is 0 Å². The van der Waals surface area contributed by atoms with Gasteiger partial charge in [0.05, 0.1) is 6.42 Å². The van der Waals surface area contributed by atoms with E-state index < -0.39 is 16.0 Å². The standard InChI is InChI=1S/C12H17NO4S2/c1-12(2)6-3-7-13(12)19(16,17)11-5-4-9(18-11)8-10(14)15/h4-5H,3,6-8H2,1-2H3,(H,14,15). The van der Waals surface area contributed by atoms with Crippen LogP contribution in [0.5, 0.6) is 0 Å². The Kier molecular flexibility index (Phi) is 3.72. The number of carboxylic acids is 1. The van der Waals surface area contributed by atoms with Gasteiger partial charge < -0.3 is 5.11 Å². The summed E-state index contributed by atoms with van der Waals surface area (Å²) in [5, 5.41) is 8.72. The van der Waals surface area contributed by atoms with E-state index in [-0.39, 0.29) is 16.2 Å². The fourth-order valence-electron chi connectivity index (χ4n) is 2.38. The van der Waals surface area contributed by atoms with E-state index in [4.69, 9.17) is 5.11 Å². The summed E-state index contributed by atoms with van der Waals surface area (Å²) in [4.78, 5) is 11.2. The molecule has 0 aromatic carbocycles. The number of hydrogen-bond acceptors (Lipinski definition) is 4. The Morgan fingerprint density at radius 3 is 2.68 bits per heavy atom. The third kappa shape index (κ3) is 2.82. The highest BCUT2D eigenvalue weighted by Gasteiger charge is 2.41. The van der Waals surface area contributed by atoms with E-state index in [9.17, 15) is 13.2 Å². The maximum absolute atomic E-state index is 12.5. The predicted molar refractivity (Wildman–Crippen MR) is 72.9 cm³/mol. The SMILES string of the molecule is CC1(C)CCCN1S(=O)(=O)c1ccc(CC(=O)O)s1. The van der Waals surface area contributed by atoms with Gasteiger partial charge in [0.25, 0.3) is 10.0 Å². The maximum atomic E-state index is 12.5. The lowest BCUT2D eigenvalue weighted by Crippen LogP contribution is -2.42. The molecule has 19 heavy (non-hydrogen) atoms. The Morgan fingerprint density at radius 2 is 2.16 bits per heavy atom. The van der Waals surface area contributed by atoms with E-state index in [0.29, 0.717) is 11.4 Å². The maximum Gasteiger partial charge on any atom is 0.308 e. The first-order chi connectivity index (χ1) is 8.73. The fraction of sp³-hybridized carbons (Fsp3) is 0.583. The molecule has 1 aromatic rings. The smallest absolute Gasteiger partial charge is 0.308 e. The number of carboxylic acid groups (broad SMARTS) is 1. The third-order valence-corrected chi connectivity index (χ3v) is 7.00. The monoisotopic (exact) mass is 303 g/mol. The van der Waals surface area contributed by atoms with Gasteiger partial charge in [0, 0.05) is 17.0 Å². The molecule has 0 radical (unpaired) electrons. The second kappa shape index (κ2) is 4.88. The zero-order chi connectivity index (χ0) is 14.3. The highest BCUT2D eigenvalue weighted by atomic mass is 32.2. The van der Waals surface area contributed by atoms with Gasteiger partial charge in [-0.2, -0.15) is 4.31 Å². The molecule has 2 rings (SSSR count). The van der Waals surface area contributed by atoms with Crippen LogP contribution in [0.3, 0.4) is 0 Å². The lowest BCUT2D eigenvalue weighted by Gasteiger charge is -2.29. The molecule has 106 valence electrons. The van der Waals surface area contributed by atoms with Crippen LogP contribution in [0, 0.1) is 0 Å². The summed E-state index contributed by atoms with van der Waals surface area (Å²) >= 11 is 1.05. The van der Waals surface area contributed by atoms with Gasteiger partial charge in [0.1, 0.15) is 4.21 Å². The fourth-order valence-corrected chi connectivity index (χ4v) is 5.68. The van der Waals surface area contributed by atoms with Gasteiger partial charge in [-0.15, -0.1) is 11.3 Å². The third-order valence-electron chi connectivity index (χ3n) is 3.33. The number of sulfonamides is 1. The first kappa shape index (κ1) is 14.5. The van der Waals surface area contributed by atoms with Crippen molar-refractivity contribution in [1.29, 1.82) is 0 Å². The molecule has 1 fully saturated rings. The van der Waals surface area contributed by atoms with Gasteiger partial charge in [0.15, 0.2) is 0 Å². The number of rotatable bonds is 4. The summed E-state index contributed by atoms with van der Waals surface area (Å²) in [5.74, 6) is -0.952. The van der Waals surface area contributed by atoms with Crippen molar-refractivity contribution in [2.75, 3.05) is 6.54 Å². The average molecular weight is 303 g/mol. The van der Waals surface area contributed by atoms with Gasteiger partial charge in [-0.3, -0.25) is 4.79 Å². The Bertz CT molecular complexity index is 589. The number of hydrogen-bond donors (Lipinski definition) is 1. The van der Waals surface area contributed by atoms with Gasteiger partial charge >= 0.3 is 5.97 Å². The summed E-state index contributed by atoms with van der Waals surface area (Å²) in [7, 11) is -3.50. The van der Waals surface area contributed by atoms with Crippen molar-refractivity contribution >= 4 is 27.3 Å². The largest absolute Gasteiger partial charge is 0.481 e. The van der Waals surface area contributed by atoms with E-state index in [0.717, 1.165) is 24.2 Å². The van der Waals surface area contributed by atoms with Crippen LogP contribution in [-0.4, -0.2) is 35.9 Å². The Hall–Kier alpha value is -0.920. The average Bonchev–Trinajstić information content (AvgIpc) is 2.84. The lowest BCUT2D eigenvalue weighted by molar-refractivity contribution is -0.136. The molecule has 1 aliphatic rings. The van der Waals surface area contributed by atoms with Crippen LogP contribution < -0.4 is 0 Å². The van der Waals surface area contributed by atoms with Crippen LogP contribution in [-0.2, 0) is 21.2 Å². The highest BCUT2D eigenvalue weighted by molar-refractivity contribution is 7.91. The van der Waals surface area contributed by atoms with E-state index in [1.807, 2.05) is 13.8 Å². The van der Waals surface area contributed by atoms with Crippen LogP contribution in [0.25, 0.3) is 0 Å². The number of nitrogens with zero attached hydrogens (tertiary/aromatic N) is 1. The molecule has 0 bridgehead atoms. The summed E-state index contributed by atoms with van der Waals surface area (Å²) in [6.45, 7) is 4.37. The van der Waals surface area contributed by atoms with Crippen molar-refractivity contribution in [3.05, 3.63) is 17.0 Å². The Morgan fingerprint density at radius 1 is 1.47 bits per heavy atom. The minimum Gasteiger partial charge on any atom is -0.481 e. The molecule has 0 atom stereocenters. The van der Waals surface area contributed by atoms with Gasteiger partial charge in [-0.25, -0.2) is 8.42 Å². The van der Waals surface area contributed by atoms with Crippen molar-refractivity contribution in [2.45, 2.75) is 42.9 Å². The number of aliphatic carboxylic acids is 1. The molecule has 1 saturated heterocycles. The molecular formula is C12H17NO4S2.